The maximum Gasteiger partial charge on any atom is 0.260 e. The van der Waals surface area contributed by atoms with E-state index in [0.29, 0.717) is 13.0 Å². The zero-order chi connectivity index (χ0) is 10.6. The Hall–Kier alpha value is -1.12. The Morgan fingerprint density at radius 3 is 2.86 bits per heavy atom. The van der Waals surface area contributed by atoms with Gasteiger partial charge in [0.1, 0.15) is 17.2 Å². The van der Waals surface area contributed by atoms with E-state index in [1.54, 1.807) is 12.9 Å². The van der Waals surface area contributed by atoms with Crippen LogP contribution in [-0.4, -0.2) is 24.2 Å². The lowest BCUT2D eigenvalue weighted by Gasteiger charge is -2.23. The van der Waals surface area contributed by atoms with E-state index in [4.69, 9.17) is 4.74 Å². The Kier molecular flexibility index (Phi) is 3.44. The van der Waals surface area contributed by atoms with Crippen molar-refractivity contribution in [2.24, 2.45) is 0 Å². The lowest BCUT2D eigenvalue weighted by molar-refractivity contribution is -0.122. The highest BCUT2D eigenvalue weighted by Gasteiger charge is 2.38. The van der Waals surface area contributed by atoms with E-state index in [2.05, 4.69) is 12.2 Å². The number of carbonyl (C=O) groups is 1. The summed E-state index contributed by atoms with van der Waals surface area (Å²) in [5.74, 6) is 1.27. The molecule has 0 radical (unpaired) electrons. The standard InChI is InChI=1S/C10H15NO3/c1-3-4-5-14-10(2)6-8(7-12)9(13)11-10/h3-6H2,1-2H3,(H,11,13). The van der Waals surface area contributed by atoms with Gasteiger partial charge in [-0.2, -0.15) is 0 Å². The Morgan fingerprint density at radius 1 is 1.64 bits per heavy atom. The van der Waals surface area contributed by atoms with Crippen LogP contribution in [0.3, 0.4) is 0 Å². The molecule has 1 amide bonds. The van der Waals surface area contributed by atoms with Crippen LogP contribution in [0.25, 0.3) is 0 Å². The second kappa shape index (κ2) is 4.40. The van der Waals surface area contributed by atoms with Crippen molar-refractivity contribution in [3.8, 4) is 0 Å². The second-order valence-electron chi connectivity index (χ2n) is 3.64. The molecule has 1 saturated heterocycles. The smallest absolute Gasteiger partial charge is 0.260 e. The predicted octanol–water partition coefficient (Wildman–Crippen LogP) is 0.797. The minimum atomic E-state index is -0.709. The molecule has 0 saturated carbocycles. The Morgan fingerprint density at radius 2 is 2.36 bits per heavy atom. The molecule has 1 N–H and O–H groups in total. The average Bonchev–Trinajstić information content (AvgIpc) is 2.42. The van der Waals surface area contributed by atoms with Gasteiger partial charge in [-0.3, -0.25) is 4.79 Å². The van der Waals surface area contributed by atoms with Crippen LogP contribution in [0.4, 0.5) is 0 Å². The number of amides is 1. The third kappa shape index (κ3) is 2.44. The Labute approximate surface area is 83.3 Å². The second-order valence-corrected chi connectivity index (χ2v) is 3.64. The lowest BCUT2D eigenvalue weighted by Crippen LogP contribution is -2.41. The summed E-state index contributed by atoms with van der Waals surface area (Å²) in [7, 11) is 0. The Bertz CT molecular complexity index is 281. The molecule has 1 aliphatic heterocycles. The summed E-state index contributed by atoms with van der Waals surface area (Å²) in [6.07, 6.45) is 2.30. The molecule has 0 aliphatic carbocycles. The summed E-state index contributed by atoms with van der Waals surface area (Å²) < 4.78 is 5.50. The van der Waals surface area contributed by atoms with E-state index in [0.717, 1.165) is 12.8 Å². The van der Waals surface area contributed by atoms with Crippen molar-refractivity contribution in [1.29, 1.82) is 0 Å². The highest BCUT2D eigenvalue weighted by Crippen LogP contribution is 2.23. The molecule has 1 aliphatic rings. The van der Waals surface area contributed by atoms with Crippen molar-refractivity contribution in [2.45, 2.75) is 38.8 Å². The summed E-state index contributed by atoms with van der Waals surface area (Å²) in [6.45, 7) is 4.43. The van der Waals surface area contributed by atoms with Gasteiger partial charge >= 0.3 is 0 Å². The van der Waals surface area contributed by atoms with Crippen molar-refractivity contribution in [3.63, 3.8) is 0 Å². The van der Waals surface area contributed by atoms with E-state index in [1.807, 2.05) is 0 Å². The topological polar surface area (TPSA) is 55.4 Å². The van der Waals surface area contributed by atoms with Crippen LogP contribution < -0.4 is 5.32 Å². The largest absolute Gasteiger partial charge is 0.356 e. The molecule has 1 heterocycles. The first kappa shape index (κ1) is 11.0. The van der Waals surface area contributed by atoms with Gasteiger partial charge in [-0.25, -0.2) is 4.79 Å². The molecule has 78 valence electrons. The Balaban J connectivity index is 2.52. The average molecular weight is 197 g/mol. The van der Waals surface area contributed by atoms with Gasteiger partial charge in [0.2, 0.25) is 0 Å². The van der Waals surface area contributed by atoms with Crippen LogP contribution in [-0.2, 0) is 14.3 Å². The number of ether oxygens (including phenoxy) is 1. The maximum atomic E-state index is 11.2. The normalized spacial score (nSPS) is 26.1. The fourth-order valence-electron chi connectivity index (χ4n) is 1.39. The van der Waals surface area contributed by atoms with Crippen LogP contribution in [0.15, 0.2) is 5.57 Å². The van der Waals surface area contributed by atoms with E-state index in [-0.39, 0.29) is 11.5 Å². The first-order chi connectivity index (χ1) is 6.61. The number of carbonyl (C=O) groups excluding carboxylic acids is 2. The highest BCUT2D eigenvalue weighted by atomic mass is 16.5. The van der Waals surface area contributed by atoms with E-state index >= 15 is 0 Å². The van der Waals surface area contributed by atoms with E-state index in [9.17, 15) is 9.59 Å². The van der Waals surface area contributed by atoms with Gasteiger partial charge in [0.15, 0.2) is 0 Å². The van der Waals surface area contributed by atoms with Crippen molar-refractivity contribution >= 4 is 11.8 Å². The zero-order valence-corrected chi connectivity index (χ0v) is 8.55. The third-order valence-corrected chi connectivity index (χ3v) is 2.21. The van der Waals surface area contributed by atoms with E-state index in [1.165, 1.54) is 0 Å². The first-order valence-electron chi connectivity index (χ1n) is 4.82. The number of nitrogens with one attached hydrogen (secondary N) is 1. The fraction of sp³-hybridized carbons (Fsp3) is 0.700. The summed E-state index contributed by atoms with van der Waals surface area (Å²) in [6, 6.07) is 0. The van der Waals surface area contributed by atoms with Crippen LogP contribution in [0.2, 0.25) is 0 Å². The van der Waals surface area contributed by atoms with Gasteiger partial charge < -0.3 is 10.1 Å². The molecule has 4 nitrogen and oxygen atoms in total. The molecule has 0 aromatic heterocycles. The molecule has 1 atom stereocenters. The molecule has 1 fully saturated rings. The summed E-state index contributed by atoms with van der Waals surface area (Å²) in [5, 5.41) is 2.63. The van der Waals surface area contributed by atoms with Gasteiger partial charge in [0.05, 0.1) is 0 Å². The van der Waals surface area contributed by atoms with Crippen molar-refractivity contribution < 1.29 is 14.3 Å². The summed E-state index contributed by atoms with van der Waals surface area (Å²) >= 11 is 0. The molecule has 1 unspecified atom stereocenters. The predicted molar refractivity (Wildman–Crippen MR) is 51.2 cm³/mol. The molecule has 0 spiro atoms. The zero-order valence-electron chi connectivity index (χ0n) is 8.55. The molecule has 4 heteroatoms. The molecule has 0 aromatic rings. The maximum absolute atomic E-state index is 11.2. The molecule has 14 heavy (non-hydrogen) atoms. The molecule has 1 rings (SSSR count). The fourth-order valence-corrected chi connectivity index (χ4v) is 1.39. The van der Waals surface area contributed by atoms with Crippen molar-refractivity contribution in [2.75, 3.05) is 6.61 Å². The van der Waals surface area contributed by atoms with Crippen molar-refractivity contribution in [1.82, 2.24) is 5.32 Å². The van der Waals surface area contributed by atoms with Gasteiger partial charge in [0, 0.05) is 13.0 Å². The first-order valence-corrected chi connectivity index (χ1v) is 4.82. The number of hydrogen-bond donors (Lipinski definition) is 1. The number of hydrogen-bond acceptors (Lipinski definition) is 3. The van der Waals surface area contributed by atoms with Gasteiger partial charge in [-0.05, 0) is 13.3 Å². The van der Waals surface area contributed by atoms with E-state index < -0.39 is 5.72 Å². The minimum absolute atomic E-state index is 0.143. The summed E-state index contributed by atoms with van der Waals surface area (Å²) in [4.78, 5) is 21.5. The summed E-state index contributed by atoms with van der Waals surface area (Å²) in [5.41, 5.74) is -0.567. The van der Waals surface area contributed by atoms with Crippen molar-refractivity contribution in [3.05, 3.63) is 5.57 Å². The van der Waals surface area contributed by atoms with Gasteiger partial charge in [-0.15, -0.1) is 0 Å². The van der Waals surface area contributed by atoms with Crippen LogP contribution in [0.1, 0.15) is 33.1 Å². The quantitative estimate of drug-likeness (QED) is 0.412. The molecule has 0 aromatic carbocycles. The lowest BCUT2D eigenvalue weighted by atomic mass is 10.1. The van der Waals surface area contributed by atoms with Crippen LogP contribution in [0.5, 0.6) is 0 Å². The van der Waals surface area contributed by atoms with Gasteiger partial charge in [-0.1, -0.05) is 13.3 Å². The minimum Gasteiger partial charge on any atom is -0.356 e. The molecular weight excluding hydrogens is 182 g/mol. The highest BCUT2D eigenvalue weighted by molar-refractivity contribution is 6.03. The van der Waals surface area contributed by atoms with Crippen LogP contribution in [0, 0.1) is 0 Å². The number of rotatable bonds is 4. The monoisotopic (exact) mass is 197 g/mol. The SMILES string of the molecule is CCCCOC1(C)CC(=C=O)C(=O)N1. The van der Waals surface area contributed by atoms with Crippen LogP contribution >= 0.6 is 0 Å². The van der Waals surface area contributed by atoms with Gasteiger partial charge in [0.25, 0.3) is 5.91 Å². The third-order valence-electron chi connectivity index (χ3n) is 2.21. The number of unbranched alkanes of at least 4 members (excludes halogenated alkanes) is 1. The molecule has 0 bridgehead atoms. The molecular formula is C10H15NO3.